The van der Waals surface area contributed by atoms with Crippen molar-refractivity contribution in [3.63, 3.8) is 0 Å². The highest BCUT2D eigenvalue weighted by molar-refractivity contribution is 9.10. The second kappa shape index (κ2) is 4.02. The summed E-state index contributed by atoms with van der Waals surface area (Å²) < 4.78 is 0.336. The standard InChI is InChI=1S/C9H6BrClO3/c1-4(9(13)14)6-2-5(11)3-7(10)8(6)12/h2-3,12H,1H2,(H,13,14). The highest BCUT2D eigenvalue weighted by Crippen LogP contribution is 2.34. The minimum Gasteiger partial charge on any atom is -0.506 e. The maximum absolute atomic E-state index is 10.6. The summed E-state index contributed by atoms with van der Waals surface area (Å²) in [6.45, 7) is 3.33. The number of carbonyl (C=O) groups is 1. The topological polar surface area (TPSA) is 57.5 Å². The molecule has 0 fully saturated rings. The van der Waals surface area contributed by atoms with E-state index in [0.29, 0.717) is 9.50 Å². The summed E-state index contributed by atoms with van der Waals surface area (Å²) >= 11 is 8.74. The Morgan fingerprint density at radius 1 is 1.50 bits per heavy atom. The fourth-order valence-corrected chi connectivity index (χ4v) is 1.72. The van der Waals surface area contributed by atoms with Crippen LogP contribution in [0.15, 0.2) is 23.2 Å². The Morgan fingerprint density at radius 3 is 2.57 bits per heavy atom. The fraction of sp³-hybridized carbons (Fsp3) is 0. The van der Waals surface area contributed by atoms with Gasteiger partial charge < -0.3 is 10.2 Å². The van der Waals surface area contributed by atoms with E-state index in [2.05, 4.69) is 22.5 Å². The molecular formula is C9H6BrClO3. The molecule has 0 aliphatic heterocycles. The first-order chi connectivity index (χ1) is 6.43. The number of benzene rings is 1. The SMILES string of the molecule is C=C(C(=O)O)c1cc(Cl)cc(Br)c1O. The quantitative estimate of drug-likeness (QED) is 0.817. The van der Waals surface area contributed by atoms with Crippen LogP contribution in [0.25, 0.3) is 5.57 Å². The molecule has 3 nitrogen and oxygen atoms in total. The van der Waals surface area contributed by atoms with Crippen LogP contribution in [0.5, 0.6) is 5.75 Å². The molecule has 0 aliphatic carbocycles. The Morgan fingerprint density at radius 2 is 2.07 bits per heavy atom. The average Bonchev–Trinajstić information content (AvgIpc) is 2.09. The second-order valence-electron chi connectivity index (χ2n) is 2.57. The van der Waals surface area contributed by atoms with E-state index >= 15 is 0 Å². The summed E-state index contributed by atoms with van der Waals surface area (Å²) in [6, 6.07) is 2.81. The summed E-state index contributed by atoms with van der Waals surface area (Å²) in [7, 11) is 0. The number of halogens is 2. The molecule has 14 heavy (non-hydrogen) atoms. The van der Waals surface area contributed by atoms with Crippen molar-refractivity contribution in [3.8, 4) is 5.75 Å². The number of rotatable bonds is 2. The minimum atomic E-state index is -1.20. The lowest BCUT2D eigenvalue weighted by atomic mass is 10.1. The summed E-state index contributed by atoms with van der Waals surface area (Å²) in [4.78, 5) is 10.6. The lowest BCUT2D eigenvalue weighted by molar-refractivity contribution is -0.130. The Kier molecular flexibility index (Phi) is 3.18. The molecule has 0 aliphatic rings. The first kappa shape index (κ1) is 11.1. The van der Waals surface area contributed by atoms with Gasteiger partial charge in [0.2, 0.25) is 0 Å². The molecule has 0 heterocycles. The van der Waals surface area contributed by atoms with Crippen molar-refractivity contribution < 1.29 is 15.0 Å². The molecule has 5 heteroatoms. The van der Waals surface area contributed by atoms with Crippen LogP contribution in [0.4, 0.5) is 0 Å². The molecule has 0 radical (unpaired) electrons. The lowest BCUT2D eigenvalue weighted by Gasteiger charge is -2.06. The van der Waals surface area contributed by atoms with E-state index in [1.54, 1.807) is 0 Å². The molecule has 0 unspecified atom stereocenters. The van der Waals surface area contributed by atoms with Gasteiger partial charge in [0, 0.05) is 10.6 Å². The maximum atomic E-state index is 10.6. The van der Waals surface area contributed by atoms with E-state index in [9.17, 15) is 9.90 Å². The van der Waals surface area contributed by atoms with Crippen molar-refractivity contribution in [1.82, 2.24) is 0 Å². The van der Waals surface area contributed by atoms with Gasteiger partial charge in [-0.25, -0.2) is 4.79 Å². The maximum Gasteiger partial charge on any atom is 0.335 e. The second-order valence-corrected chi connectivity index (χ2v) is 3.86. The minimum absolute atomic E-state index is 0.108. The van der Waals surface area contributed by atoms with Crippen LogP contribution in [-0.4, -0.2) is 16.2 Å². The molecule has 0 spiro atoms. The van der Waals surface area contributed by atoms with E-state index in [4.69, 9.17) is 16.7 Å². The normalized spacial score (nSPS) is 9.86. The van der Waals surface area contributed by atoms with E-state index in [1.165, 1.54) is 12.1 Å². The van der Waals surface area contributed by atoms with Crippen LogP contribution < -0.4 is 0 Å². The van der Waals surface area contributed by atoms with Crippen molar-refractivity contribution in [2.24, 2.45) is 0 Å². The number of carboxylic acids is 1. The Bertz CT molecular complexity index is 415. The lowest BCUT2D eigenvalue weighted by Crippen LogP contribution is -1.98. The number of phenolic OH excluding ortho intramolecular Hbond substituents is 1. The zero-order chi connectivity index (χ0) is 10.9. The van der Waals surface area contributed by atoms with Crippen LogP contribution in [-0.2, 0) is 4.79 Å². The molecule has 0 aromatic heterocycles. The van der Waals surface area contributed by atoms with Crippen LogP contribution in [0.2, 0.25) is 5.02 Å². The third kappa shape index (κ3) is 2.08. The molecule has 1 aromatic rings. The molecule has 1 rings (SSSR count). The van der Waals surface area contributed by atoms with Crippen molar-refractivity contribution >= 4 is 39.1 Å². The molecule has 0 bridgehead atoms. The first-order valence-electron chi connectivity index (χ1n) is 3.54. The number of aliphatic carboxylic acids is 1. The van der Waals surface area contributed by atoms with E-state index in [1.807, 2.05) is 0 Å². The Balaban J connectivity index is 3.34. The van der Waals surface area contributed by atoms with Gasteiger partial charge in [0.1, 0.15) is 5.75 Å². The van der Waals surface area contributed by atoms with Crippen LogP contribution in [0, 0.1) is 0 Å². The summed E-state index contributed by atoms with van der Waals surface area (Å²) in [5.74, 6) is -1.38. The van der Waals surface area contributed by atoms with Crippen molar-refractivity contribution in [2.75, 3.05) is 0 Å². The number of phenols is 1. The van der Waals surface area contributed by atoms with Gasteiger partial charge in [-0.1, -0.05) is 18.2 Å². The van der Waals surface area contributed by atoms with Gasteiger partial charge >= 0.3 is 5.97 Å². The molecule has 0 saturated carbocycles. The number of aromatic hydroxyl groups is 1. The summed E-state index contributed by atoms with van der Waals surface area (Å²) in [6.07, 6.45) is 0. The van der Waals surface area contributed by atoms with Gasteiger partial charge in [-0.15, -0.1) is 0 Å². The monoisotopic (exact) mass is 276 g/mol. The largest absolute Gasteiger partial charge is 0.506 e. The van der Waals surface area contributed by atoms with Gasteiger partial charge in [-0.05, 0) is 28.1 Å². The predicted octanol–water partition coefficient (Wildman–Crippen LogP) is 2.91. The molecule has 0 atom stereocenters. The molecule has 1 aromatic carbocycles. The Labute approximate surface area is 93.8 Å². The van der Waals surface area contributed by atoms with E-state index in [0.717, 1.165) is 0 Å². The number of hydrogen-bond acceptors (Lipinski definition) is 2. The zero-order valence-electron chi connectivity index (χ0n) is 6.92. The van der Waals surface area contributed by atoms with Crippen LogP contribution in [0.3, 0.4) is 0 Å². The fourth-order valence-electron chi connectivity index (χ4n) is 0.911. The number of carboxylic acid groups (broad SMARTS) is 1. The molecular weight excluding hydrogens is 271 g/mol. The van der Waals surface area contributed by atoms with Crippen molar-refractivity contribution in [1.29, 1.82) is 0 Å². The summed E-state index contributed by atoms with van der Waals surface area (Å²) in [5, 5.41) is 18.5. The highest BCUT2D eigenvalue weighted by Gasteiger charge is 2.14. The van der Waals surface area contributed by atoms with Crippen LogP contribution >= 0.6 is 27.5 Å². The van der Waals surface area contributed by atoms with E-state index in [-0.39, 0.29) is 16.9 Å². The first-order valence-corrected chi connectivity index (χ1v) is 4.71. The highest BCUT2D eigenvalue weighted by atomic mass is 79.9. The van der Waals surface area contributed by atoms with Gasteiger partial charge in [0.15, 0.2) is 0 Å². The average molecular weight is 278 g/mol. The predicted molar refractivity (Wildman–Crippen MR) is 57.5 cm³/mol. The van der Waals surface area contributed by atoms with Gasteiger partial charge in [-0.2, -0.15) is 0 Å². The Hall–Kier alpha value is -1.00. The van der Waals surface area contributed by atoms with Crippen molar-refractivity contribution in [2.45, 2.75) is 0 Å². The number of hydrogen-bond donors (Lipinski definition) is 2. The van der Waals surface area contributed by atoms with Crippen LogP contribution in [0.1, 0.15) is 5.56 Å². The van der Waals surface area contributed by atoms with Gasteiger partial charge in [-0.3, -0.25) is 0 Å². The third-order valence-electron chi connectivity index (χ3n) is 1.61. The molecule has 0 amide bonds. The molecule has 74 valence electrons. The molecule has 2 N–H and O–H groups in total. The summed E-state index contributed by atoms with van der Waals surface area (Å²) in [5.41, 5.74) is -0.0948. The smallest absolute Gasteiger partial charge is 0.335 e. The molecule has 0 saturated heterocycles. The van der Waals surface area contributed by atoms with E-state index < -0.39 is 5.97 Å². The zero-order valence-corrected chi connectivity index (χ0v) is 9.26. The van der Waals surface area contributed by atoms with Gasteiger partial charge in [0.25, 0.3) is 0 Å². The van der Waals surface area contributed by atoms with Gasteiger partial charge in [0.05, 0.1) is 10.0 Å². The van der Waals surface area contributed by atoms with Crippen molar-refractivity contribution in [3.05, 3.63) is 33.8 Å². The third-order valence-corrected chi connectivity index (χ3v) is 2.43.